The molecule has 7 heavy (non-hydrogen) atoms. The van der Waals surface area contributed by atoms with Gasteiger partial charge in [-0.15, -0.1) is 11.6 Å². The van der Waals surface area contributed by atoms with E-state index in [9.17, 15) is 0 Å². The van der Waals surface area contributed by atoms with E-state index in [0.717, 1.165) is 0 Å². The first-order valence-corrected chi connectivity index (χ1v) is 3.29. The summed E-state index contributed by atoms with van der Waals surface area (Å²) in [5, 5.41) is 0.616. The van der Waals surface area contributed by atoms with Crippen molar-refractivity contribution in [3.63, 3.8) is 0 Å². The molecule has 0 aromatic rings. The van der Waals surface area contributed by atoms with Crippen molar-refractivity contribution in [2.24, 2.45) is 0 Å². The van der Waals surface area contributed by atoms with E-state index in [1.54, 1.807) is 0 Å². The van der Waals surface area contributed by atoms with Gasteiger partial charge in [-0.25, -0.2) is 0 Å². The van der Waals surface area contributed by atoms with Gasteiger partial charge in [0.2, 0.25) is 0 Å². The maximum absolute atomic E-state index is 5.27. The first kappa shape index (κ1) is 7.83. The zero-order valence-corrected chi connectivity index (χ0v) is 6.61. The van der Waals surface area contributed by atoms with Gasteiger partial charge in [-0.05, 0) is 5.20 Å². The van der Waals surface area contributed by atoms with E-state index < -0.39 is 0 Å². The van der Waals surface area contributed by atoms with Gasteiger partial charge in [-0.1, -0.05) is 23.2 Å². The normalized spacial score (nSPS) is 8.57. The first-order chi connectivity index (χ1) is 3.18. The Morgan fingerprint density at radius 2 is 1.86 bits per heavy atom. The van der Waals surface area contributed by atoms with Gasteiger partial charge in [0, 0.05) is 5.88 Å². The molecule has 0 bridgehead atoms. The summed E-state index contributed by atoms with van der Waals surface area (Å²) < 4.78 is 0.187. The molecule has 0 aromatic carbocycles. The Bertz CT molecular complexity index is 84.2. The van der Waals surface area contributed by atoms with E-state index in [1.165, 1.54) is 0 Å². The molecule has 3 radical (unpaired) electrons. The molecule has 0 aliphatic heterocycles. The van der Waals surface area contributed by atoms with E-state index in [2.05, 4.69) is 10.2 Å². The molecule has 0 amide bonds. The van der Waals surface area contributed by atoms with E-state index in [-0.39, 0.29) is 4.49 Å². The van der Waals surface area contributed by atoms with Crippen LogP contribution in [0.1, 0.15) is 0 Å². The average molecular weight is 172 g/mol. The Labute approximate surface area is 60.9 Å². The van der Waals surface area contributed by atoms with Crippen LogP contribution in [0.4, 0.5) is 0 Å². The molecule has 0 unspecified atom stereocenters. The van der Waals surface area contributed by atoms with Gasteiger partial charge in [0.15, 0.2) is 0 Å². The fourth-order valence-electron chi connectivity index (χ4n) is 0.0505. The van der Waals surface area contributed by atoms with Crippen LogP contribution in [-0.2, 0) is 0 Å². The lowest BCUT2D eigenvalue weighted by atomic mass is 10.7. The second kappa shape index (κ2) is 3.78. The molecule has 0 heterocycles. The fourth-order valence-corrected chi connectivity index (χ4v) is 0.455. The Hall–Kier alpha value is 0.827. The molecule has 4 heteroatoms. The zero-order valence-electron chi connectivity index (χ0n) is 3.34. The van der Waals surface area contributed by atoms with Crippen molar-refractivity contribution in [3.8, 4) is 0 Å². The topological polar surface area (TPSA) is 0 Å². The molecule has 0 nitrogen and oxygen atoms in total. The molecule has 0 saturated carbocycles. The van der Waals surface area contributed by atoms with Crippen LogP contribution in [0.2, 0.25) is 0 Å². The predicted molar refractivity (Wildman–Crippen MR) is 35.2 cm³/mol. The van der Waals surface area contributed by atoms with Crippen LogP contribution < -0.4 is 0 Å². The van der Waals surface area contributed by atoms with Crippen molar-refractivity contribution in [2.45, 2.75) is 0 Å². The molecule has 39 valence electrons. The summed E-state index contributed by atoms with van der Waals surface area (Å²) >= 11 is 15.8. The van der Waals surface area contributed by atoms with Crippen LogP contribution in [0, 0.1) is 0 Å². The van der Waals surface area contributed by atoms with Crippen molar-refractivity contribution in [3.05, 3.63) is 9.69 Å². The second-order valence-electron chi connectivity index (χ2n) is 0.873. The van der Waals surface area contributed by atoms with Crippen LogP contribution in [0.3, 0.4) is 0 Å². The van der Waals surface area contributed by atoms with Crippen LogP contribution in [0.25, 0.3) is 0 Å². The lowest BCUT2D eigenvalue weighted by molar-refractivity contribution is 1.69. The number of hydrogen-bond acceptors (Lipinski definition) is 0. The third-order valence-corrected chi connectivity index (χ3v) is 2.05. The number of halogens is 3. The van der Waals surface area contributed by atoms with E-state index >= 15 is 0 Å². The van der Waals surface area contributed by atoms with Crippen molar-refractivity contribution >= 4 is 45.0 Å². The van der Waals surface area contributed by atoms with Crippen molar-refractivity contribution in [1.82, 2.24) is 0 Å². The lowest BCUT2D eigenvalue weighted by Gasteiger charge is -1.87. The van der Waals surface area contributed by atoms with Gasteiger partial charge >= 0.3 is 0 Å². The minimum absolute atomic E-state index is 0.187. The highest BCUT2D eigenvalue weighted by molar-refractivity contribution is 6.59. The zero-order chi connectivity index (χ0) is 5.86. The van der Waals surface area contributed by atoms with E-state index in [0.29, 0.717) is 11.1 Å². The summed E-state index contributed by atoms with van der Waals surface area (Å²) in [5.74, 6) is 0.319. The average Bonchev–Trinajstić information content (AvgIpc) is 1.65. The summed E-state index contributed by atoms with van der Waals surface area (Å²) in [5.41, 5.74) is 0. The van der Waals surface area contributed by atoms with Gasteiger partial charge in [0.25, 0.3) is 0 Å². The summed E-state index contributed by atoms with van der Waals surface area (Å²) in [6.07, 6.45) is 0. The Balaban J connectivity index is 3.72. The maximum Gasteiger partial charge on any atom is 0.102 e. The van der Waals surface area contributed by atoms with Gasteiger partial charge in [-0.3, -0.25) is 0 Å². The smallest absolute Gasteiger partial charge is 0.102 e. The number of hydrogen-bond donors (Lipinski definition) is 0. The summed E-state index contributed by atoms with van der Waals surface area (Å²) in [7, 11) is 3.07. The maximum atomic E-state index is 5.27. The molecular formula is C3H2Cl3Si. The van der Waals surface area contributed by atoms with Crippen molar-refractivity contribution < 1.29 is 0 Å². The largest absolute Gasteiger partial charge is 0.122 e. The summed E-state index contributed by atoms with van der Waals surface area (Å²) in [4.78, 5) is 0. The van der Waals surface area contributed by atoms with Gasteiger partial charge in [0.05, 0.1) is 10.2 Å². The van der Waals surface area contributed by atoms with Crippen LogP contribution in [0.5, 0.6) is 0 Å². The second-order valence-corrected chi connectivity index (χ2v) is 2.69. The van der Waals surface area contributed by atoms with Crippen molar-refractivity contribution in [2.75, 3.05) is 5.88 Å². The third-order valence-electron chi connectivity index (χ3n) is 0.362. The third kappa shape index (κ3) is 3.41. The van der Waals surface area contributed by atoms with E-state index in [4.69, 9.17) is 34.8 Å². The lowest BCUT2D eigenvalue weighted by Crippen LogP contribution is -1.81. The molecule has 0 aliphatic carbocycles. The number of alkyl halides is 1. The predicted octanol–water partition coefficient (Wildman–Crippen LogP) is 2.04. The van der Waals surface area contributed by atoms with Crippen LogP contribution in [0.15, 0.2) is 9.69 Å². The molecule has 0 N–H and O–H groups in total. The Morgan fingerprint density at radius 3 is 1.86 bits per heavy atom. The monoisotopic (exact) mass is 171 g/mol. The molecule has 0 rings (SSSR count). The Kier molecular flexibility index (Phi) is 4.23. The van der Waals surface area contributed by atoms with Crippen LogP contribution >= 0.6 is 34.8 Å². The highest BCUT2D eigenvalue weighted by Gasteiger charge is 1.89. The minimum atomic E-state index is 0.187. The first-order valence-electron chi connectivity index (χ1n) is 1.50. The van der Waals surface area contributed by atoms with Gasteiger partial charge in [-0.2, -0.15) is 0 Å². The molecular weight excluding hydrogens is 170 g/mol. The Morgan fingerprint density at radius 1 is 1.43 bits per heavy atom. The van der Waals surface area contributed by atoms with Gasteiger partial charge < -0.3 is 0 Å². The molecule has 0 atom stereocenters. The minimum Gasteiger partial charge on any atom is -0.122 e. The highest BCUT2D eigenvalue weighted by atomic mass is 35.5. The van der Waals surface area contributed by atoms with E-state index in [1.807, 2.05) is 0 Å². The summed E-state index contributed by atoms with van der Waals surface area (Å²) in [6.45, 7) is 0. The van der Waals surface area contributed by atoms with Gasteiger partial charge in [0.1, 0.15) is 4.49 Å². The molecule has 0 aliphatic rings. The molecule has 0 saturated heterocycles. The molecule has 0 spiro atoms. The molecule has 0 aromatic heterocycles. The van der Waals surface area contributed by atoms with Crippen molar-refractivity contribution in [1.29, 1.82) is 0 Å². The number of allylic oxidation sites excluding steroid dienone is 1. The highest BCUT2D eigenvalue weighted by Crippen LogP contribution is 2.11. The fraction of sp³-hybridized carbons (Fsp3) is 0.333. The quantitative estimate of drug-likeness (QED) is 0.419. The number of rotatable bonds is 1. The molecule has 0 fully saturated rings. The summed E-state index contributed by atoms with van der Waals surface area (Å²) in [6, 6.07) is 0. The SMILES string of the molecule is [Si]C(CCl)=C(Cl)Cl. The standard InChI is InChI=1S/C3H2Cl3Si/c4-1-2(7)3(5)6/h1H2. The van der Waals surface area contributed by atoms with Crippen LogP contribution in [-0.4, -0.2) is 16.1 Å².